The first-order valence-corrected chi connectivity index (χ1v) is 5.35. The summed E-state index contributed by atoms with van der Waals surface area (Å²) in [4.78, 5) is 11.2. The molecule has 0 fully saturated rings. The van der Waals surface area contributed by atoms with Crippen molar-refractivity contribution in [2.45, 2.75) is 25.8 Å². The standard InChI is InChI=1S/C12H15F2NO2/c1-3-6-15-12(2,11(16)17)9-7-8(13)4-5-10(9)14/h4-5,7,15H,3,6H2,1-2H3,(H,16,17). The molecule has 0 aliphatic carbocycles. The van der Waals surface area contributed by atoms with Crippen molar-refractivity contribution in [3.8, 4) is 0 Å². The predicted molar refractivity (Wildman–Crippen MR) is 59.6 cm³/mol. The van der Waals surface area contributed by atoms with Gasteiger partial charge in [0.2, 0.25) is 0 Å². The van der Waals surface area contributed by atoms with Gasteiger partial charge in [-0.05, 0) is 38.1 Å². The van der Waals surface area contributed by atoms with Crippen LogP contribution in [0.25, 0.3) is 0 Å². The summed E-state index contributed by atoms with van der Waals surface area (Å²) in [5, 5.41) is 11.9. The third-order valence-electron chi connectivity index (χ3n) is 2.62. The Morgan fingerprint density at radius 3 is 2.65 bits per heavy atom. The van der Waals surface area contributed by atoms with Gasteiger partial charge in [-0.15, -0.1) is 0 Å². The number of halogens is 2. The second-order valence-electron chi connectivity index (χ2n) is 3.98. The van der Waals surface area contributed by atoms with Crippen molar-refractivity contribution < 1.29 is 18.7 Å². The highest BCUT2D eigenvalue weighted by molar-refractivity contribution is 5.80. The monoisotopic (exact) mass is 243 g/mol. The highest BCUT2D eigenvalue weighted by Crippen LogP contribution is 2.25. The van der Waals surface area contributed by atoms with Crippen LogP contribution in [-0.4, -0.2) is 17.6 Å². The highest BCUT2D eigenvalue weighted by atomic mass is 19.1. The van der Waals surface area contributed by atoms with Gasteiger partial charge in [0.25, 0.3) is 0 Å². The van der Waals surface area contributed by atoms with Crippen molar-refractivity contribution in [3.05, 3.63) is 35.4 Å². The minimum Gasteiger partial charge on any atom is -0.480 e. The average molecular weight is 243 g/mol. The van der Waals surface area contributed by atoms with E-state index < -0.39 is 23.1 Å². The van der Waals surface area contributed by atoms with Gasteiger partial charge in [0.05, 0.1) is 0 Å². The number of carbonyl (C=O) groups is 1. The summed E-state index contributed by atoms with van der Waals surface area (Å²) in [5.74, 6) is -2.64. The summed E-state index contributed by atoms with van der Waals surface area (Å²) in [6, 6.07) is 2.80. The number of nitrogens with one attached hydrogen (secondary N) is 1. The summed E-state index contributed by atoms with van der Waals surface area (Å²) < 4.78 is 26.7. The van der Waals surface area contributed by atoms with Gasteiger partial charge in [-0.25, -0.2) is 13.6 Å². The first kappa shape index (κ1) is 13.6. The van der Waals surface area contributed by atoms with E-state index in [-0.39, 0.29) is 5.56 Å². The van der Waals surface area contributed by atoms with Crippen LogP contribution in [0.3, 0.4) is 0 Å². The SMILES string of the molecule is CCCNC(C)(C(=O)O)c1cc(F)ccc1F. The Kier molecular flexibility index (Phi) is 4.17. The number of hydrogen-bond acceptors (Lipinski definition) is 2. The normalized spacial score (nSPS) is 14.4. The van der Waals surface area contributed by atoms with E-state index in [1.54, 1.807) is 0 Å². The van der Waals surface area contributed by atoms with E-state index in [2.05, 4.69) is 5.32 Å². The van der Waals surface area contributed by atoms with Gasteiger partial charge >= 0.3 is 5.97 Å². The number of aliphatic carboxylic acids is 1. The third kappa shape index (κ3) is 2.79. The maximum atomic E-state index is 13.6. The van der Waals surface area contributed by atoms with Crippen LogP contribution in [0.15, 0.2) is 18.2 Å². The van der Waals surface area contributed by atoms with Gasteiger partial charge in [-0.1, -0.05) is 6.92 Å². The molecule has 17 heavy (non-hydrogen) atoms. The molecule has 0 radical (unpaired) electrons. The zero-order valence-electron chi connectivity index (χ0n) is 9.76. The molecule has 0 aromatic heterocycles. The lowest BCUT2D eigenvalue weighted by Crippen LogP contribution is -2.47. The molecule has 2 N–H and O–H groups in total. The zero-order valence-corrected chi connectivity index (χ0v) is 9.76. The van der Waals surface area contributed by atoms with E-state index in [1.807, 2.05) is 6.92 Å². The minimum atomic E-state index is -1.62. The molecule has 1 aromatic rings. The van der Waals surface area contributed by atoms with Gasteiger partial charge in [-0.3, -0.25) is 5.32 Å². The number of benzene rings is 1. The van der Waals surface area contributed by atoms with Crippen LogP contribution >= 0.6 is 0 Å². The van der Waals surface area contributed by atoms with E-state index in [0.717, 1.165) is 18.2 Å². The smallest absolute Gasteiger partial charge is 0.328 e. The first-order valence-electron chi connectivity index (χ1n) is 5.35. The maximum Gasteiger partial charge on any atom is 0.328 e. The van der Waals surface area contributed by atoms with E-state index in [0.29, 0.717) is 13.0 Å². The Hall–Kier alpha value is -1.49. The summed E-state index contributed by atoms with van der Waals surface area (Å²) in [6.45, 7) is 3.58. The van der Waals surface area contributed by atoms with Gasteiger partial charge in [0.1, 0.15) is 17.2 Å². The Morgan fingerprint density at radius 2 is 2.12 bits per heavy atom. The molecule has 1 unspecified atom stereocenters. The molecule has 0 heterocycles. The van der Waals surface area contributed by atoms with Crippen molar-refractivity contribution in [3.63, 3.8) is 0 Å². The third-order valence-corrected chi connectivity index (χ3v) is 2.62. The van der Waals surface area contributed by atoms with Crippen LogP contribution in [0.4, 0.5) is 8.78 Å². The van der Waals surface area contributed by atoms with Gasteiger partial charge in [0, 0.05) is 5.56 Å². The molecule has 94 valence electrons. The Balaban J connectivity index is 3.21. The molecule has 5 heteroatoms. The van der Waals surface area contributed by atoms with E-state index in [1.165, 1.54) is 6.92 Å². The van der Waals surface area contributed by atoms with Crippen LogP contribution in [0.2, 0.25) is 0 Å². The van der Waals surface area contributed by atoms with E-state index in [4.69, 9.17) is 0 Å². The largest absolute Gasteiger partial charge is 0.480 e. The average Bonchev–Trinajstić information content (AvgIpc) is 2.29. The summed E-state index contributed by atoms with van der Waals surface area (Å²) in [7, 11) is 0. The number of carboxylic acids is 1. The molecular weight excluding hydrogens is 228 g/mol. The Bertz CT molecular complexity index is 423. The number of carboxylic acid groups (broad SMARTS) is 1. The van der Waals surface area contributed by atoms with Gasteiger partial charge in [0.15, 0.2) is 0 Å². The second kappa shape index (κ2) is 5.23. The molecular formula is C12H15F2NO2. The van der Waals surface area contributed by atoms with Gasteiger partial charge in [-0.2, -0.15) is 0 Å². The fourth-order valence-electron chi connectivity index (χ4n) is 1.54. The highest BCUT2D eigenvalue weighted by Gasteiger charge is 2.37. The molecule has 3 nitrogen and oxygen atoms in total. The molecule has 0 spiro atoms. The lowest BCUT2D eigenvalue weighted by Gasteiger charge is -2.27. The minimum absolute atomic E-state index is 0.196. The van der Waals surface area contributed by atoms with E-state index in [9.17, 15) is 18.7 Å². The molecule has 0 saturated heterocycles. The van der Waals surface area contributed by atoms with Crippen molar-refractivity contribution in [1.82, 2.24) is 5.32 Å². The molecule has 0 amide bonds. The molecule has 0 aliphatic rings. The van der Waals surface area contributed by atoms with Crippen LogP contribution in [0, 0.1) is 11.6 Å². The number of hydrogen-bond donors (Lipinski definition) is 2. The van der Waals surface area contributed by atoms with Crippen molar-refractivity contribution >= 4 is 5.97 Å². The topological polar surface area (TPSA) is 49.3 Å². The number of rotatable bonds is 5. The zero-order chi connectivity index (χ0) is 13.1. The van der Waals surface area contributed by atoms with Crippen molar-refractivity contribution in [1.29, 1.82) is 0 Å². The second-order valence-corrected chi connectivity index (χ2v) is 3.98. The first-order chi connectivity index (χ1) is 7.91. The molecule has 1 rings (SSSR count). The predicted octanol–water partition coefficient (Wildman–Crippen LogP) is 2.26. The summed E-state index contributed by atoms with van der Waals surface area (Å²) in [5.41, 5.74) is -1.82. The lowest BCUT2D eigenvalue weighted by molar-refractivity contribution is -0.144. The maximum absolute atomic E-state index is 13.6. The molecule has 0 aliphatic heterocycles. The quantitative estimate of drug-likeness (QED) is 0.834. The Morgan fingerprint density at radius 1 is 1.47 bits per heavy atom. The molecule has 1 atom stereocenters. The van der Waals surface area contributed by atoms with E-state index >= 15 is 0 Å². The van der Waals surface area contributed by atoms with Crippen LogP contribution in [0.5, 0.6) is 0 Å². The molecule has 0 bridgehead atoms. The summed E-state index contributed by atoms with van der Waals surface area (Å²) in [6.07, 6.45) is 0.694. The van der Waals surface area contributed by atoms with Crippen molar-refractivity contribution in [2.24, 2.45) is 0 Å². The molecule has 1 aromatic carbocycles. The fraction of sp³-hybridized carbons (Fsp3) is 0.417. The van der Waals surface area contributed by atoms with Gasteiger partial charge < -0.3 is 5.11 Å². The van der Waals surface area contributed by atoms with Crippen LogP contribution in [0.1, 0.15) is 25.8 Å². The van der Waals surface area contributed by atoms with Crippen LogP contribution < -0.4 is 5.32 Å². The summed E-state index contributed by atoms with van der Waals surface area (Å²) >= 11 is 0. The van der Waals surface area contributed by atoms with Crippen molar-refractivity contribution in [2.75, 3.05) is 6.54 Å². The molecule has 0 saturated carbocycles. The van der Waals surface area contributed by atoms with Crippen LogP contribution in [-0.2, 0) is 10.3 Å². The Labute approximate surface area is 98.5 Å². The lowest BCUT2D eigenvalue weighted by atomic mass is 9.91. The fourth-order valence-corrected chi connectivity index (χ4v) is 1.54.